The standard InChI is InChI=1S/C15H21ClN4O/c1-3-7-18-14(13-6-4-5-8-17-13)15-12(16)11-19-20(15)9-10-21-2/h4-6,8,11,14,18H,3,7,9-10H2,1-2H3. The summed E-state index contributed by atoms with van der Waals surface area (Å²) in [6.07, 6.45) is 4.50. The molecule has 2 aromatic heterocycles. The van der Waals surface area contributed by atoms with Gasteiger partial charge in [-0.05, 0) is 25.1 Å². The van der Waals surface area contributed by atoms with Crippen molar-refractivity contribution >= 4 is 11.6 Å². The van der Waals surface area contributed by atoms with Crippen LogP contribution >= 0.6 is 11.6 Å². The fraction of sp³-hybridized carbons (Fsp3) is 0.467. The molecule has 2 heterocycles. The Morgan fingerprint density at radius 3 is 2.95 bits per heavy atom. The maximum atomic E-state index is 6.36. The lowest BCUT2D eigenvalue weighted by atomic mass is 10.1. The van der Waals surface area contributed by atoms with Crippen LogP contribution in [0.4, 0.5) is 0 Å². The molecule has 0 aromatic carbocycles. The van der Waals surface area contributed by atoms with Crippen molar-refractivity contribution in [3.8, 4) is 0 Å². The van der Waals surface area contributed by atoms with Gasteiger partial charge in [-0.3, -0.25) is 9.67 Å². The SMILES string of the molecule is CCCNC(c1ccccn1)c1c(Cl)cnn1CCOC. The van der Waals surface area contributed by atoms with E-state index in [0.717, 1.165) is 24.4 Å². The third-order valence-corrected chi connectivity index (χ3v) is 3.49. The van der Waals surface area contributed by atoms with Gasteiger partial charge in [0.2, 0.25) is 0 Å². The number of halogens is 1. The molecular weight excluding hydrogens is 288 g/mol. The highest BCUT2D eigenvalue weighted by Gasteiger charge is 2.22. The largest absolute Gasteiger partial charge is 0.383 e. The Morgan fingerprint density at radius 1 is 1.43 bits per heavy atom. The van der Waals surface area contributed by atoms with Crippen LogP contribution in [0.15, 0.2) is 30.6 Å². The molecule has 21 heavy (non-hydrogen) atoms. The fourth-order valence-electron chi connectivity index (χ4n) is 2.19. The van der Waals surface area contributed by atoms with E-state index in [1.807, 2.05) is 22.9 Å². The predicted octanol–water partition coefficient (Wildman–Crippen LogP) is 2.67. The van der Waals surface area contributed by atoms with Crippen molar-refractivity contribution in [2.45, 2.75) is 25.9 Å². The quantitative estimate of drug-likeness (QED) is 0.814. The monoisotopic (exact) mass is 308 g/mol. The zero-order chi connectivity index (χ0) is 15.1. The summed E-state index contributed by atoms with van der Waals surface area (Å²) >= 11 is 6.36. The Labute approximate surface area is 130 Å². The van der Waals surface area contributed by atoms with Gasteiger partial charge in [-0.2, -0.15) is 5.10 Å². The molecule has 0 radical (unpaired) electrons. The summed E-state index contributed by atoms with van der Waals surface area (Å²) in [7, 11) is 1.68. The van der Waals surface area contributed by atoms with Gasteiger partial charge in [0.25, 0.3) is 0 Å². The highest BCUT2D eigenvalue weighted by molar-refractivity contribution is 6.31. The van der Waals surface area contributed by atoms with Gasteiger partial charge in [0, 0.05) is 13.3 Å². The van der Waals surface area contributed by atoms with Crippen LogP contribution in [0, 0.1) is 0 Å². The molecule has 1 N–H and O–H groups in total. The topological polar surface area (TPSA) is 52.0 Å². The van der Waals surface area contributed by atoms with Crippen molar-refractivity contribution < 1.29 is 4.74 Å². The summed E-state index contributed by atoms with van der Waals surface area (Å²) in [6.45, 7) is 4.27. The summed E-state index contributed by atoms with van der Waals surface area (Å²) in [5.74, 6) is 0. The molecule has 5 nitrogen and oxygen atoms in total. The molecule has 1 atom stereocenters. The molecule has 1 unspecified atom stereocenters. The van der Waals surface area contributed by atoms with Gasteiger partial charge in [-0.15, -0.1) is 0 Å². The number of rotatable bonds is 8. The van der Waals surface area contributed by atoms with Crippen LogP contribution < -0.4 is 5.32 Å². The van der Waals surface area contributed by atoms with Gasteiger partial charge in [0.1, 0.15) is 0 Å². The number of methoxy groups -OCH3 is 1. The van der Waals surface area contributed by atoms with E-state index in [0.29, 0.717) is 18.2 Å². The van der Waals surface area contributed by atoms with Gasteiger partial charge in [-0.1, -0.05) is 24.6 Å². The van der Waals surface area contributed by atoms with Crippen LogP contribution in [0.2, 0.25) is 5.02 Å². The zero-order valence-corrected chi connectivity index (χ0v) is 13.2. The van der Waals surface area contributed by atoms with Crippen LogP contribution in [-0.4, -0.2) is 35.0 Å². The molecule has 0 fully saturated rings. The Hall–Kier alpha value is -1.43. The maximum absolute atomic E-state index is 6.36. The van der Waals surface area contributed by atoms with Crippen LogP contribution in [0.3, 0.4) is 0 Å². The van der Waals surface area contributed by atoms with Crippen LogP contribution in [0.25, 0.3) is 0 Å². The van der Waals surface area contributed by atoms with Crippen LogP contribution in [0.1, 0.15) is 30.8 Å². The molecule has 2 aromatic rings. The van der Waals surface area contributed by atoms with Crippen molar-refractivity contribution in [2.24, 2.45) is 0 Å². The molecule has 0 aliphatic heterocycles. The van der Waals surface area contributed by atoms with Gasteiger partial charge in [0.15, 0.2) is 0 Å². The first-order chi connectivity index (χ1) is 10.3. The van der Waals surface area contributed by atoms with E-state index < -0.39 is 0 Å². The molecule has 114 valence electrons. The number of pyridine rings is 1. The molecule has 0 aliphatic carbocycles. The average molecular weight is 309 g/mol. The third-order valence-electron chi connectivity index (χ3n) is 3.20. The first-order valence-corrected chi connectivity index (χ1v) is 7.50. The minimum atomic E-state index is -0.0713. The second-order valence-electron chi connectivity index (χ2n) is 4.74. The van der Waals surface area contributed by atoms with E-state index in [1.165, 1.54) is 0 Å². The van der Waals surface area contributed by atoms with Gasteiger partial charge >= 0.3 is 0 Å². The number of aromatic nitrogens is 3. The number of hydrogen-bond donors (Lipinski definition) is 1. The van der Waals surface area contributed by atoms with E-state index in [-0.39, 0.29) is 6.04 Å². The maximum Gasteiger partial charge on any atom is 0.0937 e. The van der Waals surface area contributed by atoms with Gasteiger partial charge in [-0.25, -0.2) is 0 Å². The normalized spacial score (nSPS) is 12.5. The highest BCUT2D eigenvalue weighted by Crippen LogP contribution is 2.27. The summed E-state index contributed by atoms with van der Waals surface area (Å²) < 4.78 is 7.02. The van der Waals surface area contributed by atoms with Gasteiger partial charge < -0.3 is 10.1 Å². The van der Waals surface area contributed by atoms with Crippen LogP contribution in [-0.2, 0) is 11.3 Å². The summed E-state index contributed by atoms with van der Waals surface area (Å²) in [6, 6.07) is 5.81. The molecule has 0 amide bonds. The van der Waals surface area contributed by atoms with Gasteiger partial charge in [0.05, 0.1) is 41.8 Å². The summed E-state index contributed by atoms with van der Waals surface area (Å²) in [5.41, 5.74) is 1.87. The minimum absolute atomic E-state index is 0.0713. The summed E-state index contributed by atoms with van der Waals surface area (Å²) in [5, 5.41) is 8.49. The first-order valence-electron chi connectivity index (χ1n) is 7.12. The lowest BCUT2D eigenvalue weighted by Gasteiger charge is -2.20. The second kappa shape index (κ2) is 8.12. The molecule has 0 saturated carbocycles. The molecule has 2 rings (SSSR count). The molecule has 0 saturated heterocycles. The van der Waals surface area contributed by atoms with Crippen LogP contribution in [0.5, 0.6) is 0 Å². The van der Waals surface area contributed by atoms with Crippen molar-refractivity contribution in [1.82, 2.24) is 20.1 Å². The number of hydrogen-bond acceptors (Lipinski definition) is 4. The molecule has 0 bridgehead atoms. The predicted molar refractivity (Wildman–Crippen MR) is 83.5 cm³/mol. The van der Waals surface area contributed by atoms with Crippen molar-refractivity contribution in [3.05, 3.63) is 47.0 Å². The summed E-state index contributed by atoms with van der Waals surface area (Å²) in [4.78, 5) is 4.46. The Kier molecular flexibility index (Phi) is 6.17. The van der Waals surface area contributed by atoms with Crippen molar-refractivity contribution in [1.29, 1.82) is 0 Å². The van der Waals surface area contributed by atoms with E-state index in [9.17, 15) is 0 Å². The highest BCUT2D eigenvalue weighted by atomic mass is 35.5. The van der Waals surface area contributed by atoms with E-state index in [1.54, 1.807) is 19.5 Å². The molecule has 0 aliphatic rings. The Bertz CT molecular complexity index is 544. The average Bonchev–Trinajstić information content (AvgIpc) is 2.88. The lowest BCUT2D eigenvalue weighted by molar-refractivity contribution is 0.182. The Balaban J connectivity index is 2.34. The van der Waals surface area contributed by atoms with Crippen molar-refractivity contribution in [3.63, 3.8) is 0 Å². The van der Waals surface area contributed by atoms with Crippen molar-refractivity contribution in [2.75, 3.05) is 20.3 Å². The number of nitrogens with zero attached hydrogens (tertiary/aromatic N) is 3. The minimum Gasteiger partial charge on any atom is -0.383 e. The molecular formula is C15H21ClN4O. The van der Waals surface area contributed by atoms with E-state index >= 15 is 0 Å². The zero-order valence-electron chi connectivity index (χ0n) is 12.4. The number of ether oxygens (including phenoxy) is 1. The fourth-order valence-corrected chi connectivity index (χ4v) is 2.44. The Morgan fingerprint density at radius 2 is 2.29 bits per heavy atom. The van der Waals surface area contributed by atoms with E-state index in [2.05, 4.69) is 22.3 Å². The molecule has 6 heteroatoms. The third kappa shape index (κ3) is 4.03. The number of nitrogens with one attached hydrogen (secondary N) is 1. The lowest BCUT2D eigenvalue weighted by Crippen LogP contribution is -2.27. The first kappa shape index (κ1) is 15.9. The molecule has 0 spiro atoms. The second-order valence-corrected chi connectivity index (χ2v) is 5.14. The smallest absolute Gasteiger partial charge is 0.0937 e. The van der Waals surface area contributed by atoms with E-state index in [4.69, 9.17) is 16.3 Å².